The number of carbonyl (C=O) groups is 1. The van der Waals surface area contributed by atoms with Gasteiger partial charge in [0.2, 0.25) is 6.17 Å². The molecule has 0 radical (unpaired) electrons. The predicted octanol–water partition coefficient (Wildman–Crippen LogP) is 3.27. The van der Waals surface area contributed by atoms with Crippen molar-refractivity contribution in [2.45, 2.75) is 13.1 Å². The molecule has 1 aliphatic rings. The minimum atomic E-state index is -0.815. The molecule has 1 N–H and O–H groups in total. The van der Waals surface area contributed by atoms with E-state index in [9.17, 15) is 9.90 Å². The molecule has 1 aliphatic heterocycles. The maximum atomic E-state index is 12.0. The van der Waals surface area contributed by atoms with Crippen molar-refractivity contribution in [2.24, 2.45) is 15.2 Å². The number of benzene rings is 2. The number of hydrogen-bond acceptors (Lipinski definition) is 5. The molecule has 0 saturated carbocycles. The van der Waals surface area contributed by atoms with E-state index in [2.05, 4.69) is 15.2 Å². The number of phenolic OH excluding ortho intramolecular Hbond substituents is 1. The fourth-order valence-corrected chi connectivity index (χ4v) is 2.25. The fraction of sp³-hybridized carbons (Fsp3) is 0.125. The molecule has 6 heteroatoms. The number of hydrogen-bond donors (Lipinski definition) is 1. The Kier molecular flexibility index (Phi) is 3.65. The molecule has 0 saturated heterocycles. The molecular weight excluding hydrogens is 280 g/mol. The molecule has 6 nitrogen and oxygen atoms in total. The van der Waals surface area contributed by atoms with E-state index in [0.29, 0.717) is 11.5 Å². The number of azo groups is 1. The molecule has 0 fully saturated rings. The molecule has 1 atom stereocenters. The number of carbonyl (C=O) groups excluding carboxylic acids is 1. The number of nitrogens with zero attached hydrogens (tertiary/aromatic N) is 4. The van der Waals surface area contributed by atoms with E-state index in [0.717, 1.165) is 5.69 Å². The van der Waals surface area contributed by atoms with Crippen molar-refractivity contribution in [3.8, 4) is 5.75 Å². The monoisotopic (exact) mass is 294 g/mol. The number of para-hydroxylation sites is 1. The van der Waals surface area contributed by atoms with Crippen molar-refractivity contribution in [3.63, 3.8) is 0 Å². The standard InChI is InChI=1S/C16H14N4O2/c1-11-17-16(22)15(20(11)13-7-3-2-4-8-13)19-18-12-6-5-9-14(21)10-12/h2-10,15,21H,1H3/t15-/m1/s1. The SMILES string of the molecule is CC1=NC(=O)[C@H](N=Nc2cccc(O)c2)N1c1ccccc1. The third-order valence-corrected chi connectivity index (χ3v) is 3.23. The highest BCUT2D eigenvalue weighted by Crippen LogP contribution is 2.25. The largest absolute Gasteiger partial charge is 0.508 e. The Bertz CT molecular complexity index is 756. The lowest BCUT2D eigenvalue weighted by molar-refractivity contribution is -0.118. The number of aromatic hydroxyl groups is 1. The second-order valence-electron chi connectivity index (χ2n) is 4.81. The van der Waals surface area contributed by atoms with Gasteiger partial charge < -0.3 is 5.11 Å². The van der Waals surface area contributed by atoms with Crippen molar-refractivity contribution in [1.29, 1.82) is 0 Å². The zero-order chi connectivity index (χ0) is 15.5. The number of rotatable bonds is 3. The Labute approximate surface area is 127 Å². The van der Waals surface area contributed by atoms with E-state index < -0.39 is 6.17 Å². The van der Waals surface area contributed by atoms with Crippen molar-refractivity contribution < 1.29 is 9.90 Å². The first-order chi connectivity index (χ1) is 10.6. The molecule has 0 unspecified atom stereocenters. The second-order valence-corrected chi connectivity index (χ2v) is 4.81. The minimum absolute atomic E-state index is 0.0987. The third kappa shape index (κ3) is 2.71. The van der Waals surface area contributed by atoms with Crippen LogP contribution in [0.1, 0.15) is 6.92 Å². The van der Waals surface area contributed by atoms with Gasteiger partial charge in [0, 0.05) is 11.8 Å². The van der Waals surface area contributed by atoms with Crippen LogP contribution in [-0.4, -0.2) is 23.0 Å². The fourth-order valence-electron chi connectivity index (χ4n) is 2.25. The highest BCUT2D eigenvalue weighted by Gasteiger charge is 2.34. The third-order valence-electron chi connectivity index (χ3n) is 3.23. The van der Waals surface area contributed by atoms with Crippen LogP contribution in [0.3, 0.4) is 0 Å². The van der Waals surface area contributed by atoms with Crippen LogP contribution in [0.2, 0.25) is 0 Å². The van der Waals surface area contributed by atoms with Crippen LogP contribution in [0.15, 0.2) is 69.8 Å². The number of amides is 1. The van der Waals surface area contributed by atoms with Gasteiger partial charge in [-0.2, -0.15) is 15.2 Å². The summed E-state index contributed by atoms with van der Waals surface area (Å²) in [6.07, 6.45) is -0.815. The Balaban J connectivity index is 1.90. The Morgan fingerprint density at radius 3 is 2.64 bits per heavy atom. The Morgan fingerprint density at radius 1 is 1.14 bits per heavy atom. The average molecular weight is 294 g/mol. The van der Waals surface area contributed by atoms with Crippen LogP contribution in [0, 0.1) is 0 Å². The molecule has 1 heterocycles. The first-order valence-corrected chi connectivity index (χ1v) is 6.78. The van der Waals surface area contributed by atoms with Crippen LogP contribution in [0.5, 0.6) is 5.75 Å². The van der Waals surface area contributed by atoms with Crippen molar-refractivity contribution in [2.75, 3.05) is 4.90 Å². The predicted molar refractivity (Wildman–Crippen MR) is 83.4 cm³/mol. The van der Waals surface area contributed by atoms with E-state index >= 15 is 0 Å². The van der Waals surface area contributed by atoms with Crippen LogP contribution in [-0.2, 0) is 4.79 Å². The second kappa shape index (κ2) is 5.77. The van der Waals surface area contributed by atoms with Gasteiger partial charge in [-0.05, 0) is 31.2 Å². The van der Waals surface area contributed by atoms with Crippen LogP contribution in [0.4, 0.5) is 11.4 Å². The van der Waals surface area contributed by atoms with Gasteiger partial charge in [-0.3, -0.25) is 9.69 Å². The zero-order valence-electron chi connectivity index (χ0n) is 11.9. The molecule has 0 spiro atoms. The van der Waals surface area contributed by atoms with Gasteiger partial charge in [0.05, 0.1) is 5.69 Å². The summed E-state index contributed by atoms with van der Waals surface area (Å²) in [6.45, 7) is 1.76. The summed E-state index contributed by atoms with van der Waals surface area (Å²) < 4.78 is 0. The van der Waals surface area contributed by atoms with Gasteiger partial charge in [-0.15, -0.1) is 0 Å². The maximum Gasteiger partial charge on any atom is 0.295 e. The lowest BCUT2D eigenvalue weighted by atomic mass is 10.2. The summed E-state index contributed by atoms with van der Waals surface area (Å²) >= 11 is 0. The van der Waals surface area contributed by atoms with Gasteiger partial charge in [-0.1, -0.05) is 24.3 Å². The number of aliphatic imine (C=N–C) groups is 1. The van der Waals surface area contributed by atoms with E-state index in [1.807, 2.05) is 30.3 Å². The lowest BCUT2D eigenvalue weighted by Crippen LogP contribution is -2.35. The highest BCUT2D eigenvalue weighted by atomic mass is 16.3. The average Bonchev–Trinajstić information content (AvgIpc) is 2.80. The maximum absolute atomic E-state index is 12.0. The smallest absolute Gasteiger partial charge is 0.295 e. The van der Waals surface area contributed by atoms with E-state index in [1.165, 1.54) is 6.07 Å². The van der Waals surface area contributed by atoms with Crippen LogP contribution in [0.25, 0.3) is 0 Å². The van der Waals surface area contributed by atoms with E-state index in [1.54, 1.807) is 30.0 Å². The highest BCUT2D eigenvalue weighted by molar-refractivity contribution is 6.13. The van der Waals surface area contributed by atoms with E-state index in [4.69, 9.17) is 0 Å². The molecule has 0 aromatic heterocycles. The van der Waals surface area contributed by atoms with Gasteiger partial charge in [-0.25, -0.2) is 0 Å². The zero-order valence-corrected chi connectivity index (χ0v) is 11.9. The van der Waals surface area contributed by atoms with Crippen LogP contribution < -0.4 is 4.90 Å². The number of phenols is 1. The summed E-state index contributed by atoms with van der Waals surface area (Å²) in [5.74, 6) is 0.322. The Hall–Kier alpha value is -3.02. The molecule has 0 aliphatic carbocycles. The molecule has 0 bridgehead atoms. The number of anilines is 1. The molecule has 1 amide bonds. The van der Waals surface area contributed by atoms with Crippen molar-refractivity contribution in [1.82, 2.24) is 0 Å². The summed E-state index contributed by atoms with van der Waals surface area (Å²) in [6, 6.07) is 15.8. The van der Waals surface area contributed by atoms with E-state index in [-0.39, 0.29) is 11.7 Å². The summed E-state index contributed by atoms with van der Waals surface area (Å²) in [5.41, 5.74) is 1.31. The topological polar surface area (TPSA) is 77.6 Å². The molecule has 2 aromatic rings. The van der Waals surface area contributed by atoms with Crippen molar-refractivity contribution >= 4 is 23.1 Å². The first-order valence-electron chi connectivity index (χ1n) is 6.78. The summed E-state index contributed by atoms with van der Waals surface area (Å²) in [7, 11) is 0. The number of amidine groups is 1. The van der Waals surface area contributed by atoms with Gasteiger partial charge in [0.1, 0.15) is 11.6 Å². The lowest BCUT2D eigenvalue weighted by Gasteiger charge is -2.21. The molecule has 3 rings (SSSR count). The van der Waals surface area contributed by atoms with Crippen LogP contribution >= 0.6 is 0 Å². The molecule has 110 valence electrons. The summed E-state index contributed by atoms with van der Waals surface area (Å²) in [5, 5.41) is 17.6. The van der Waals surface area contributed by atoms with Gasteiger partial charge in [0.25, 0.3) is 5.91 Å². The normalized spacial score (nSPS) is 18.0. The van der Waals surface area contributed by atoms with Crippen molar-refractivity contribution in [3.05, 3.63) is 54.6 Å². The minimum Gasteiger partial charge on any atom is -0.508 e. The molecule has 2 aromatic carbocycles. The first kappa shape index (κ1) is 13.9. The molecule has 22 heavy (non-hydrogen) atoms. The molecular formula is C16H14N4O2. The van der Waals surface area contributed by atoms with Gasteiger partial charge in [0.15, 0.2) is 0 Å². The Morgan fingerprint density at radius 2 is 1.91 bits per heavy atom. The quantitative estimate of drug-likeness (QED) is 0.882. The van der Waals surface area contributed by atoms with Gasteiger partial charge >= 0.3 is 0 Å². The summed E-state index contributed by atoms with van der Waals surface area (Å²) in [4.78, 5) is 17.7.